The third-order valence-corrected chi connectivity index (χ3v) is 6.27. The zero-order valence-corrected chi connectivity index (χ0v) is 17.1. The van der Waals surface area contributed by atoms with Gasteiger partial charge in [0.1, 0.15) is 5.75 Å². The molecule has 0 unspecified atom stereocenters. The molecule has 1 saturated heterocycles. The Morgan fingerprint density at radius 1 is 1.03 bits per heavy atom. The summed E-state index contributed by atoms with van der Waals surface area (Å²) in [4.78, 5) is 16.8. The number of hydrogen-bond acceptors (Lipinski definition) is 6. The average molecular weight is 420 g/mol. The van der Waals surface area contributed by atoms with Gasteiger partial charge >= 0.3 is 0 Å². The SMILES string of the molecule is COCCNS(=O)(=O)c1ccc(C(=O)N2CCN(c3ccc(O)cc3)CC2)cc1. The van der Waals surface area contributed by atoms with Crippen LogP contribution in [0.3, 0.4) is 0 Å². The van der Waals surface area contributed by atoms with E-state index in [4.69, 9.17) is 4.74 Å². The molecule has 0 spiro atoms. The molecular weight excluding hydrogens is 394 g/mol. The van der Waals surface area contributed by atoms with Gasteiger partial charge in [0, 0.05) is 51.1 Å². The van der Waals surface area contributed by atoms with Crippen LogP contribution in [0.4, 0.5) is 5.69 Å². The molecule has 0 saturated carbocycles. The van der Waals surface area contributed by atoms with Gasteiger partial charge in [-0.1, -0.05) is 0 Å². The molecule has 1 amide bonds. The molecule has 9 heteroatoms. The molecule has 1 aliphatic heterocycles. The molecule has 1 fully saturated rings. The van der Waals surface area contributed by atoms with Crippen LogP contribution in [0.15, 0.2) is 53.4 Å². The Morgan fingerprint density at radius 3 is 2.24 bits per heavy atom. The first kappa shape index (κ1) is 21.1. The first-order valence-corrected chi connectivity index (χ1v) is 10.8. The van der Waals surface area contributed by atoms with E-state index < -0.39 is 10.0 Å². The summed E-state index contributed by atoms with van der Waals surface area (Å²) in [6.07, 6.45) is 0. The van der Waals surface area contributed by atoms with Gasteiger partial charge in [-0.3, -0.25) is 4.79 Å². The second kappa shape index (κ2) is 9.25. The molecule has 0 bridgehead atoms. The summed E-state index contributed by atoms with van der Waals surface area (Å²) in [7, 11) is -2.12. The molecule has 29 heavy (non-hydrogen) atoms. The van der Waals surface area contributed by atoms with E-state index in [0.29, 0.717) is 31.7 Å². The Balaban J connectivity index is 1.59. The zero-order chi connectivity index (χ0) is 20.9. The number of anilines is 1. The average Bonchev–Trinajstić information content (AvgIpc) is 2.74. The summed E-state index contributed by atoms with van der Waals surface area (Å²) in [5.41, 5.74) is 1.46. The van der Waals surface area contributed by atoms with Crippen molar-refractivity contribution in [2.75, 3.05) is 51.3 Å². The molecule has 1 aliphatic rings. The number of ether oxygens (including phenoxy) is 1. The molecule has 2 aromatic rings. The summed E-state index contributed by atoms with van der Waals surface area (Å²) in [6, 6.07) is 13.0. The summed E-state index contributed by atoms with van der Waals surface area (Å²) in [6.45, 7) is 2.98. The van der Waals surface area contributed by atoms with Crippen LogP contribution in [0.1, 0.15) is 10.4 Å². The van der Waals surface area contributed by atoms with Gasteiger partial charge in [0.15, 0.2) is 0 Å². The van der Waals surface area contributed by atoms with E-state index in [-0.39, 0.29) is 29.7 Å². The van der Waals surface area contributed by atoms with E-state index in [1.807, 2.05) is 12.1 Å². The van der Waals surface area contributed by atoms with Crippen LogP contribution in [-0.4, -0.2) is 70.8 Å². The minimum atomic E-state index is -3.62. The number of carbonyl (C=O) groups is 1. The monoisotopic (exact) mass is 419 g/mol. The van der Waals surface area contributed by atoms with Gasteiger partial charge in [0.25, 0.3) is 5.91 Å². The standard InChI is InChI=1S/C20H25N3O5S/c1-28-15-10-21-29(26,27)19-8-2-16(3-9-19)20(25)23-13-11-22(12-14-23)17-4-6-18(24)7-5-17/h2-9,21,24H,10-15H2,1H3. The number of benzene rings is 2. The highest BCUT2D eigenvalue weighted by atomic mass is 32.2. The number of carbonyl (C=O) groups excluding carboxylic acids is 1. The molecule has 0 atom stereocenters. The maximum atomic E-state index is 12.8. The van der Waals surface area contributed by atoms with Crippen molar-refractivity contribution >= 4 is 21.6 Å². The number of rotatable bonds is 7. The van der Waals surface area contributed by atoms with Crippen LogP contribution in [0, 0.1) is 0 Å². The third kappa shape index (κ3) is 5.26. The highest BCUT2D eigenvalue weighted by Crippen LogP contribution is 2.20. The van der Waals surface area contributed by atoms with Crippen LogP contribution in [0.2, 0.25) is 0 Å². The lowest BCUT2D eigenvalue weighted by Crippen LogP contribution is -2.48. The first-order valence-electron chi connectivity index (χ1n) is 9.32. The van der Waals surface area contributed by atoms with Crippen molar-refractivity contribution < 1.29 is 23.1 Å². The predicted octanol–water partition coefficient (Wildman–Crippen LogP) is 1.28. The smallest absolute Gasteiger partial charge is 0.253 e. The predicted molar refractivity (Wildman–Crippen MR) is 110 cm³/mol. The van der Waals surface area contributed by atoms with Gasteiger partial charge in [-0.15, -0.1) is 0 Å². The first-order chi connectivity index (χ1) is 13.9. The quantitative estimate of drug-likeness (QED) is 0.656. The molecule has 2 N–H and O–H groups in total. The van der Waals surface area contributed by atoms with E-state index in [1.165, 1.54) is 19.2 Å². The Bertz CT molecular complexity index is 922. The van der Waals surface area contributed by atoms with E-state index in [2.05, 4.69) is 9.62 Å². The molecule has 0 radical (unpaired) electrons. The molecule has 2 aromatic carbocycles. The number of hydrogen-bond donors (Lipinski definition) is 2. The fourth-order valence-corrected chi connectivity index (χ4v) is 4.16. The number of phenolic OH excluding ortho intramolecular Hbond substituents is 1. The second-order valence-corrected chi connectivity index (χ2v) is 8.48. The maximum absolute atomic E-state index is 12.8. The van der Waals surface area contributed by atoms with Crippen LogP contribution < -0.4 is 9.62 Å². The van der Waals surface area contributed by atoms with Crippen LogP contribution in [-0.2, 0) is 14.8 Å². The number of amides is 1. The fourth-order valence-electron chi connectivity index (χ4n) is 3.15. The number of piperazine rings is 1. The van der Waals surface area contributed by atoms with Gasteiger partial charge < -0.3 is 19.6 Å². The van der Waals surface area contributed by atoms with Crippen molar-refractivity contribution in [3.63, 3.8) is 0 Å². The number of phenols is 1. The van der Waals surface area contributed by atoms with Gasteiger partial charge in [-0.2, -0.15) is 0 Å². The Kier molecular flexibility index (Phi) is 6.73. The van der Waals surface area contributed by atoms with Crippen molar-refractivity contribution in [1.29, 1.82) is 0 Å². The molecule has 8 nitrogen and oxygen atoms in total. The summed E-state index contributed by atoms with van der Waals surface area (Å²) in [5.74, 6) is 0.105. The summed E-state index contributed by atoms with van der Waals surface area (Å²) in [5, 5.41) is 9.40. The highest BCUT2D eigenvalue weighted by Gasteiger charge is 2.23. The normalized spacial score (nSPS) is 14.8. The van der Waals surface area contributed by atoms with E-state index in [9.17, 15) is 18.3 Å². The van der Waals surface area contributed by atoms with Crippen molar-refractivity contribution in [3.8, 4) is 5.75 Å². The third-order valence-electron chi connectivity index (χ3n) is 4.79. The minimum absolute atomic E-state index is 0.113. The lowest BCUT2D eigenvalue weighted by molar-refractivity contribution is 0.0746. The molecule has 3 rings (SSSR count). The van der Waals surface area contributed by atoms with Crippen molar-refractivity contribution in [1.82, 2.24) is 9.62 Å². The summed E-state index contributed by atoms with van der Waals surface area (Å²) < 4.78 is 31.7. The second-order valence-electron chi connectivity index (χ2n) is 6.71. The highest BCUT2D eigenvalue weighted by molar-refractivity contribution is 7.89. The maximum Gasteiger partial charge on any atom is 0.253 e. The Labute approximate surface area is 170 Å². The summed E-state index contributed by atoms with van der Waals surface area (Å²) >= 11 is 0. The number of sulfonamides is 1. The molecule has 156 valence electrons. The lowest BCUT2D eigenvalue weighted by Gasteiger charge is -2.36. The number of aromatic hydroxyl groups is 1. The molecule has 0 aromatic heterocycles. The largest absolute Gasteiger partial charge is 0.508 e. The Hall–Kier alpha value is -2.62. The fraction of sp³-hybridized carbons (Fsp3) is 0.350. The number of nitrogens with zero attached hydrogens (tertiary/aromatic N) is 2. The van der Waals surface area contributed by atoms with Gasteiger partial charge in [0.05, 0.1) is 11.5 Å². The number of methoxy groups -OCH3 is 1. The minimum Gasteiger partial charge on any atom is -0.508 e. The van der Waals surface area contributed by atoms with Crippen LogP contribution >= 0.6 is 0 Å². The van der Waals surface area contributed by atoms with Crippen molar-refractivity contribution in [2.24, 2.45) is 0 Å². The number of nitrogens with one attached hydrogen (secondary N) is 1. The lowest BCUT2D eigenvalue weighted by atomic mass is 10.1. The molecular formula is C20H25N3O5S. The zero-order valence-electron chi connectivity index (χ0n) is 16.2. The van der Waals surface area contributed by atoms with Crippen molar-refractivity contribution in [2.45, 2.75) is 4.90 Å². The van der Waals surface area contributed by atoms with Crippen LogP contribution in [0.25, 0.3) is 0 Å². The Morgan fingerprint density at radius 2 is 1.66 bits per heavy atom. The topological polar surface area (TPSA) is 99.2 Å². The van der Waals surface area contributed by atoms with E-state index >= 15 is 0 Å². The van der Waals surface area contributed by atoms with Crippen LogP contribution in [0.5, 0.6) is 5.75 Å². The molecule has 0 aliphatic carbocycles. The molecule has 1 heterocycles. The van der Waals surface area contributed by atoms with Gasteiger partial charge in [-0.05, 0) is 48.5 Å². The van der Waals surface area contributed by atoms with E-state index in [1.54, 1.807) is 29.2 Å². The van der Waals surface area contributed by atoms with Gasteiger partial charge in [0.2, 0.25) is 10.0 Å². The van der Waals surface area contributed by atoms with E-state index in [0.717, 1.165) is 5.69 Å². The van der Waals surface area contributed by atoms with Gasteiger partial charge in [-0.25, -0.2) is 13.1 Å². The van der Waals surface area contributed by atoms with Crippen molar-refractivity contribution in [3.05, 3.63) is 54.1 Å².